The van der Waals surface area contributed by atoms with E-state index in [1.54, 1.807) is 0 Å². The molecule has 0 aromatic carbocycles. The van der Waals surface area contributed by atoms with E-state index >= 15 is 0 Å². The molecule has 1 aliphatic heterocycles. The molecule has 0 aromatic heterocycles. The summed E-state index contributed by atoms with van der Waals surface area (Å²) in [6.45, 7) is 0.628. The number of piperazine rings is 1. The first-order chi connectivity index (χ1) is 5.18. The summed E-state index contributed by atoms with van der Waals surface area (Å²) in [5.41, 5.74) is 0. The van der Waals surface area contributed by atoms with Gasteiger partial charge < -0.3 is 15.7 Å². The largest absolute Gasteiger partial charge is 0.481 e. The molecule has 1 aliphatic rings. The number of hydrogen-bond donors (Lipinski definition) is 3. The van der Waals surface area contributed by atoms with Crippen molar-refractivity contribution < 1.29 is 14.7 Å². The molecular formula is C6H10N2O3. The van der Waals surface area contributed by atoms with Gasteiger partial charge in [-0.3, -0.25) is 9.59 Å². The van der Waals surface area contributed by atoms with Gasteiger partial charge in [0.05, 0.1) is 13.0 Å². The molecule has 3 N–H and O–H groups in total. The predicted molar refractivity (Wildman–Crippen MR) is 37.1 cm³/mol. The van der Waals surface area contributed by atoms with Gasteiger partial charge in [0.15, 0.2) is 0 Å². The lowest BCUT2D eigenvalue weighted by Crippen LogP contribution is -2.52. The minimum atomic E-state index is -0.848. The molecule has 0 aromatic rings. The van der Waals surface area contributed by atoms with Crippen LogP contribution < -0.4 is 10.6 Å². The molecule has 1 heterocycles. The van der Waals surface area contributed by atoms with Crippen LogP contribution in [0.2, 0.25) is 0 Å². The quantitative estimate of drug-likeness (QED) is 0.459. The van der Waals surface area contributed by atoms with Gasteiger partial charge in [0.2, 0.25) is 5.91 Å². The fourth-order valence-electron chi connectivity index (χ4n) is 0.964. The van der Waals surface area contributed by atoms with Gasteiger partial charge in [-0.05, 0) is 0 Å². The number of aliphatic carboxylic acids is 1. The summed E-state index contributed by atoms with van der Waals surface area (Å²) in [7, 11) is 0. The molecule has 1 amide bonds. The number of rotatable bonds is 2. The van der Waals surface area contributed by atoms with E-state index < -0.39 is 5.97 Å². The highest BCUT2D eigenvalue weighted by Gasteiger charge is 2.18. The van der Waals surface area contributed by atoms with Crippen LogP contribution in [0.25, 0.3) is 0 Å². The van der Waals surface area contributed by atoms with E-state index in [0.717, 1.165) is 0 Å². The maximum absolute atomic E-state index is 10.6. The summed E-state index contributed by atoms with van der Waals surface area (Å²) in [6, 6.07) is -0.120. The molecule has 1 saturated heterocycles. The topological polar surface area (TPSA) is 78.4 Å². The lowest BCUT2D eigenvalue weighted by molar-refractivity contribution is -0.138. The molecule has 5 heteroatoms. The van der Waals surface area contributed by atoms with Crippen LogP contribution in [0.4, 0.5) is 0 Å². The zero-order valence-electron chi connectivity index (χ0n) is 5.96. The van der Waals surface area contributed by atoms with E-state index in [-0.39, 0.29) is 24.9 Å². The van der Waals surface area contributed by atoms with E-state index in [9.17, 15) is 9.59 Å². The van der Waals surface area contributed by atoms with Crippen LogP contribution >= 0.6 is 0 Å². The van der Waals surface area contributed by atoms with Crippen LogP contribution in [0.1, 0.15) is 6.42 Å². The summed E-state index contributed by atoms with van der Waals surface area (Å²) >= 11 is 0. The summed E-state index contributed by atoms with van der Waals surface area (Å²) in [5.74, 6) is -0.926. The van der Waals surface area contributed by atoms with Crippen molar-refractivity contribution >= 4 is 11.9 Å². The molecule has 0 spiro atoms. The summed E-state index contributed by atoms with van der Waals surface area (Å²) in [5, 5.41) is 13.8. The first-order valence-electron chi connectivity index (χ1n) is 3.40. The van der Waals surface area contributed by atoms with Crippen molar-refractivity contribution in [1.29, 1.82) is 0 Å². The fraction of sp³-hybridized carbons (Fsp3) is 0.667. The van der Waals surface area contributed by atoms with Crippen LogP contribution in [0.3, 0.4) is 0 Å². The second-order valence-electron chi connectivity index (χ2n) is 2.48. The molecule has 5 nitrogen and oxygen atoms in total. The van der Waals surface area contributed by atoms with Gasteiger partial charge in [-0.2, -0.15) is 0 Å². The van der Waals surface area contributed by atoms with Crippen LogP contribution in [0.15, 0.2) is 0 Å². The van der Waals surface area contributed by atoms with Crippen LogP contribution in [0.5, 0.6) is 0 Å². The maximum Gasteiger partial charge on any atom is 0.304 e. The average Bonchev–Trinajstić information content (AvgIpc) is 1.93. The van der Waals surface area contributed by atoms with E-state index in [4.69, 9.17) is 5.11 Å². The van der Waals surface area contributed by atoms with Crippen molar-refractivity contribution in [3.63, 3.8) is 0 Å². The summed E-state index contributed by atoms with van der Waals surface area (Å²) in [6.07, 6.45) is 0.0558. The number of carboxylic acids is 1. The van der Waals surface area contributed by atoms with Gasteiger partial charge in [0.1, 0.15) is 0 Å². The highest BCUT2D eigenvalue weighted by Crippen LogP contribution is 1.93. The maximum atomic E-state index is 10.6. The lowest BCUT2D eigenvalue weighted by Gasteiger charge is -2.22. The standard InChI is InChI=1S/C6H10N2O3/c9-5-3-7-4(2-8-5)1-6(10)11/h4,7H,1-3H2,(H,8,9)(H,10,11)/t4-/m0/s1. The SMILES string of the molecule is O=C(O)C[C@H]1CNC(=O)CN1. The lowest BCUT2D eigenvalue weighted by atomic mass is 10.2. The number of carboxylic acid groups (broad SMARTS) is 1. The minimum Gasteiger partial charge on any atom is -0.481 e. The Morgan fingerprint density at radius 2 is 2.45 bits per heavy atom. The number of carbonyl (C=O) groups excluding carboxylic acids is 1. The van der Waals surface area contributed by atoms with Crippen molar-refractivity contribution in [3.05, 3.63) is 0 Å². The third kappa shape index (κ3) is 2.55. The van der Waals surface area contributed by atoms with Gasteiger partial charge in [-0.1, -0.05) is 0 Å². The second kappa shape index (κ2) is 3.34. The molecule has 0 radical (unpaired) electrons. The first-order valence-corrected chi connectivity index (χ1v) is 3.40. The summed E-state index contributed by atoms with van der Waals surface area (Å²) in [4.78, 5) is 20.8. The minimum absolute atomic E-state index is 0.0558. The van der Waals surface area contributed by atoms with E-state index in [1.165, 1.54) is 0 Å². The number of carbonyl (C=O) groups is 2. The van der Waals surface area contributed by atoms with Crippen molar-refractivity contribution in [1.82, 2.24) is 10.6 Å². The van der Waals surface area contributed by atoms with E-state index in [0.29, 0.717) is 6.54 Å². The highest BCUT2D eigenvalue weighted by atomic mass is 16.4. The Morgan fingerprint density at radius 3 is 2.91 bits per heavy atom. The Bertz CT molecular complexity index is 171. The molecule has 11 heavy (non-hydrogen) atoms. The molecule has 1 atom stereocenters. The molecule has 62 valence electrons. The predicted octanol–water partition coefficient (Wildman–Crippen LogP) is -1.45. The Morgan fingerprint density at radius 1 is 1.73 bits per heavy atom. The normalized spacial score (nSPS) is 24.4. The molecule has 0 unspecified atom stereocenters. The Balaban J connectivity index is 2.28. The molecule has 1 rings (SSSR count). The zero-order chi connectivity index (χ0) is 8.27. The average molecular weight is 158 g/mol. The van der Waals surface area contributed by atoms with Gasteiger partial charge in [0.25, 0.3) is 0 Å². The van der Waals surface area contributed by atoms with Gasteiger partial charge in [0, 0.05) is 12.6 Å². The second-order valence-corrected chi connectivity index (χ2v) is 2.48. The third-order valence-electron chi connectivity index (χ3n) is 1.52. The Hall–Kier alpha value is -1.10. The van der Waals surface area contributed by atoms with Crippen molar-refractivity contribution in [3.8, 4) is 0 Å². The van der Waals surface area contributed by atoms with Gasteiger partial charge in [-0.25, -0.2) is 0 Å². The molecular weight excluding hydrogens is 148 g/mol. The van der Waals surface area contributed by atoms with Crippen LogP contribution in [0, 0.1) is 0 Å². The molecule has 0 saturated carbocycles. The van der Waals surface area contributed by atoms with Crippen LogP contribution in [-0.2, 0) is 9.59 Å². The van der Waals surface area contributed by atoms with Gasteiger partial charge >= 0.3 is 5.97 Å². The number of amides is 1. The van der Waals surface area contributed by atoms with E-state index in [1.807, 2.05) is 0 Å². The fourth-order valence-corrected chi connectivity index (χ4v) is 0.964. The Kier molecular flexibility index (Phi) is 2.43. The monoisotopic (exact) mass is 158 g/mol. The smallest absolute Gasteiger partial charge is 0.304 e. The Labute approximate surface area is 63.8 Å². The highest BCUT2D eigenvalue weighted by molar-refractivity contribution is 5.79. The van der Waals surface area contributed by atoms with E-state index in [2.05, 4.69) is 10.6 Å². The third-order valence-corrected chi connectivity index (χ3v) is 1.52. The number of nitrogens with one attached hydrogen (secondary N) is 2. The zero-order valence-corrected chi connectivity index (χ0v) is 5.96. The van der Waals surface area contributed by atoms with Crippen molar-refractivity contribution in [2.45, 2.75) is 12.5 Å². The number of hydrogen-bond acceptors (Lipinski definition) is 3. The summed E-state index contributed by atoms with van der Waals surface area (Å²) < 4.78 is 0. The molecule has 1 fully saturated rings. The van der Waals surface area contributed by atoms with Crippen molar-refractivity contribution in [2.75, 3.05) is 13.1 Å². The van der Waals surface area contributed by atoms with Crippen molar-refractivity contribution in [2.24, 2.45) is 0 Å². The van der Waals surface area contributed by atoms with Gasteiger partial charge in [-0.15, -0.1) is 0 Å². The van der Waals surface area contributed by atoms with Crippen LogP contribution in [-0.4, -0.2) is 36.1 Å². The molecule has 0 aliphatic carbocycles. The molecule has 0 bridgehead atoms. The first kappa shape index (κ1) is 8.00.